The number of rotatable bonds is 5. The molecule has 0 unspecified atom stereocenters. The molecule has 0 aliphatic carbocycles. The van der Waals surface area contributed by atoms with Crippen LogP contribution < -0.4 is 15.0 Å². The van der Waals surface area contributed by atoms with E-state index in [0.717, 1.165) is 21.9 Å². The molecule has 1 aliphatic heterocycles. The minimum absolute atomic E-state index is 0.178. The van der Waals surface area contributed by atoms with Gasteiger partial charge in [0.25, 0.3) is 0 Å². The van der Waals surface area contributed by atoms with E-state index in [-0.39, 0.29) is 18.9 Å². The summed E-state index contributed by atoms with van der Waals surface area (Å²) in [7, 11) is 0. The molecule has 1 heterocycles. The first-order valence-corrected chi connectivity index (χ1v) is 9.04. The highest BCUT2D eigenvalue weighted by molar-refractivity contribution is 6.32. The largest absolute Gasteiger partial charge is 0.486 e. The zero-order valence-corrected chi connectivity index (χ0v) is 15.3. The number of amides is 1. The van der Waals surface area contributed by atoms with Crippen LogP contribution in [0.1, 0.15) is 11.1 Å². The number of carbonyl (C=O) groups is 1. The van der Waals surface area contributed by atoms with Crippen molar-refractivity contribution in [1.29, 1.82) is 0 Å². The number of halogens is 1. The van der Waals surface area contributed by atoms with E-state index in [9.17, 15) is 4.79 Å². The molecule has 0 saturated carbocycles. The normalized spacial score (nSPS) is 12.8. The van der Waals surface area contributed by atoms with Crippen LogP contribution in [0.15, 0.2) is 54.6 Å². The fourth-order valence-electron chi connectivity index (χ4n) is 3.10. The molecule has 1 N–H and O–H groups in total. The Balaban J connectivity index is 1.36. The lowest BCUT2D eigenvalue weighted by Crippen LogP contribution is -2.25. The highest BCUT2D eigenvalue weighted by Gasteiger charge is 2.17. The predicted molar refractivity (Wildman–Crippen MR) is 103 cm³/mol. The Bertz CT molecular complexity index is 984. The summed E-state index contributed by atoms with van der Waals surface area (Å²) in [5.41, 5.74) is 4.23. The zero-order chi connectivity index (χ0) is 18.6. The van der Waals surface area contributed by atoms with Gasteiger partial charge in [-0.3, -0.25) is 9.63 Å². The van der Waals surface area contributed by atoms with Crippen molar-refractivity contribution in [3.63, 3.8) is 0 Å². The van der Waals surface area contributed by atoms with E-state index in [1.54, 1.807) is 12.1 Å². The number of carbonyl (C=O) groups excluding carboxylic acids is 1. The minimum Gasteiger partial charge on any atom is -0.486 e. The van der Waals surface area contributed by atoms with Crippen LogP contribution in [0.3, 0.4) is 0 Å². The number of hydroxylamine groups is 1. The summed E-state index contributed by atoms with van der Waals surface area (Å²) in [6.07, 6.45) is 0.239. The van der Waals surface area contributed by atoms with Gasteiger partial charge in [-0.1, -0.05) is 54.1 Å². The van der Waals surface area contributed by atoms with Gasteiger partial charge in [0.15, 0.2) is 11.5 Å². The molecule has 1 amide bonds. The van der Waals surface area contributed by atoms with Crippen LogP contribution in [0.4, 0.5) is 0 Å². The lowest BCUT2D eigenvalue weighted by atomic mass is 10.0. The maximum atomic E-state index is 12.2. The van der Waals surface area contributed by atoms with Crippen molar-refractivity contribution in [3.8, 4) is 11.5 Å². The molecule has 0 atom stereocenters. The Morgan fingerprint density at radius 3 is 2.81 bits per heavy atom. The van der Waals surface area contributed by atoms with Gasteiger partial charge in [-0.2, -0.15) is 0 Å². The molecular formula is C21H18ClNO4. The number of nitrogens with one attached hydrogen (secondary N) is 1. The highest BCUT2D eigenvalue weighted by atomic mass is 35.5. The van der Waals surface area contributed by atoms with Crippen molar-refractivity contribution in [2.24, 2.45) is 0 Å². The van der Waals surface area contributed by atoms with Crippen LogP contribution >= 0.6 is 11.6 Å². The van der Waals surface area contributed by atoms with Gasteiger partial charge >= 0.3 is 0 Å². The molecule has 3 aromatic rings. The summed E-state index contributed by atoms with van der Waals surface area (Å²) in [4.78, 5) is 17.6. The van der Waals surface area contributed by atoms with Gasteiger partial charge in [-0.25, -0.2) is 5.48 Å². The maximum Gasteiger partial charge on any atom is 0.247 e. The van der Waals surface area contributed by atoms with Crippen molar-refractivity contribution >= 4 is 28.3 Å². The standard InChI is InChI=1S/C21H18ClNO4/c22-18-10-14(11-19-21(18)26-9-8-25-19)13-27-23-20(24)12-16-6-3-5-15-4-1-2-7-17(15)16/h1-7,10-11H,8-9,12-13H2,(H,23,24). The van der Waals surface area contributed by atoms with Crippen molar-refractivity contribution in [2.45, 2.75) is 13.0 Å². The number of hydrogen-bond acceptors (Lipinski definition) is 4. The predicted octanol–water partition coefficient (Wildman–Crippen LogP) is 4.05. The molecule has 0 fully saturated rings. The molecule has 6 heteroatoms. The van der Waals surface area contributed by atoms with E-state index in [0.29, 0.717) is 29.7 Å². The first kappa shape index (κ1) is 17.6. The summed E-state index contributed by atoms with van der Waals surface area (Å²) in [6.45, 7) is 1.14. The highest BCUT2D eigenvalue weighted by Crippen LogP contribution is 2.38. The lowest BCUT2D eigenvalue weighted by molar-refractivity contribution is -0.133. The smallest absolute Gasteiger partial charge is 0.247 e. The quantitative estimate of drug-likeness (QED) is 0.675. The average Bonchev–Trinajstić information content (AvgIpc) is 2.68. The van der Waals surface area contributed by atoms with E-state index >= 15 is 0 Å². The molecule has 3 aromatic carbocycles. The van der Waals surface area contributed by atoms with Crippen LogP contribution in [-0.4, -0.2) is 19.1 Å². The van der Waals surface area contributed by atoms with Crippen molar-refractivity contribution < 1.29 is 19.1 Å². The maximum absolute atomic E-state index is 12.2. The summed E-state index contributed by atoms with van der Waals surface area (Å²) in [5.74, 6) is 0.927. The molecule has 0 saturated heterocycles. The number of ether oxygens (including phenoxy) is 2. The van der Waals surface area contributed by atoms with Gasteiger partial charge in [0.2, 0.25) is 5.91 Å². The molecule has 27 heavy (non-hydrogen) atoms. The first-order chi connectivity index (χ1) is 13.2. The van der Waals surface area contributed by atoms with Crippen molar-refractivity contribution in [3.05, 3.63) is 70.7 Å². The van der Waals surface area contributed by atoms with Gasteiger partial charge in [-0.15, -0.1) is 0 Å². The van der Waals surface area contributed by atoms with E-state index in [4.69, 9.17) is 25.9 Å². The van der Waals surface area contributed by atoms with Crippen LogP contribution in [0.25, 0.3) is 10.8 Å². The molecule has 0 radical (unpaired) electrons. The van der Waals surface area contributed by atoms with Gasteiger partial charge in [0.05, 0.1) is 18.1 Å². The first-order valence-electron chi connectivity index (χ1n) is 8.66. The summed E-state index contributed by atoms with van der Waals surface area (Å²) < 4.78 is 11.0. The third-order valence-electron chi connectivity index (χ3n) is 4.31. The fourth-order valence-corrected chi connectivity index (χ4v) is 3.39. The van der Waals surface area contributed by atoms with E-state index in [1.165, 1.54) is 0 Å². The van der Waals surface area contributed by atoms with Gasteiger partial charge in [-0.05, 0) is 34.0 Å². The number of hydrogen-bond donors (Lipinski definition) is 1. The fraction of sp³-hybridized carbons (Fsp3) is 0.190. The zero-order valence-electron chi connectivity index (χ0n) is 14.5. The van der Waals surface area contributed by atoms with Crippen LogP contribution in [0.2, 0.25) is 5.02 Å². The summed E-state index contributed by atoms with van der Waals surface area (Å²) >= 11 is 6.20. The third kappa shape index (κ3) is 3.99. The lowest BCUT2D eigenvalue weighted by Gasteiger charge is -2.20. The summed E-state index contributed by atoms with van der Waals surface area (Å²) in [6, 6.07) is 17.4. The Labute approximate surface area is 161 Å². The topological polar surface area (TPSA) is 56.8 Å². The number of benzene rings is 3. The molecule has 138 valence electrons. The SMILES string of the molecule is O=C(Cc1cccc2ccccc12)NOCc1cc(Cl)c2c(c1)OCCO2. The minimum atomic E-state index is -0.213. The Morgan fingerprint density at radius 1 is 1.07 bits per heavy atom. The molecule has 0 bridgehead atoms. The van der Waals surface area contributed by atoms with E-state index in [2.05, 4.69) is 5.48 Å². The molecular weight excluding hydrogens is 366 g/mol. The van der Waals surface area contributed by atoms with Gasteiger partial charge in [0.1, 0.15) is 13.2 Å². The molecule has 0 aromatic heterocycles. The molecule has 4 rings (SSSR count). The van der Waals surface area contributed by atoms with Crippen molar-refractivity contribution in [1.82, 2.24) is 5.48 Å². The van der Waals surface area contributed by atoms with E-state index in [1.807, 2.05) is 42.5 Å². The van der Waals surface area contributed by atoms with Gasteiger partial charge < -0.3 is 9.47 Å². The van der Waals surface area contributed by atoms with Crippen LogP contribution in [-0.2, 0) is 22.7 Å². The Kier molecular flexibility index (Phi) is 5.14. The molecule has 1 aliphatic rings. The van der Waals surface area contributed by atoms with Crippen LogP contribution in [0.5, 0.6) is 11.5 Å². The second-order valence-electron chi connectivity index (χ2n) is 6.23. The Morgan fingerprint density at radius 2 is 1.89 bits per heavy atom. The third-order valence-corrected chi connectivity index (χ3v) is 4.59. The van der Waals surface area contributed by atoms with E-state index < -0.39 is 0 Å². The molecule has 5 nitrogen and oxygen atoms in total. The second-order valence-corrected chi connectivity index (χ2v) is 6.64. The number of fused-ring (bicyclic) bond motifs is 2. The summed E-state index contributed by atoms with van der Waals surface area (Å²) in [5, 5.41) is 2.64. The Hall–Kier alpha value is -2.76. The van der Waals surface area contributed by atoms with Crippen molar-refractivity contribution in [2.75, 3.05) is 13.2 Å². The average molecular weight is 384 g/mol. The molecule has 0 spiro atoms. The monoisotopic (exact) mass is 383 g/mol. The van der Waals surface area contributed by atoms with Crippen LogP contribution in [0, 0.1) is 0 Å². The van der Waals surface area contributed by atoms with Gasteiger partial charge in [0, 0.05) is 0 Å². The second kappa shape index (κ2) is 7.86.